The first-order valence-corrected chi connectivity index (χ1v) is 10.1. The first-order valence-electron chi connectivity index (χ1n) is 7.84. The molecule has 0 saturated heterocycles. The Balaban J connectivity index is 1.86. The number of thioether (sulfide) groups is 2. The fraction of sp³-hybridized carbons (Fsp3) is 0.278. The van der Waals surface area contributed by atoms with E-state index in [1.807, 2.05) is 37.6 Å². The van der Waals surface area contributed by atoms with Crippen LogP contribution in [0.25, 0.3) is 5.69 Å². The lowest BCUT2D eigenvalue weighted by Crippen LogP contribution is -2.06. The quantitative estimate of drug-likeness (QED) is 0.485. The van der Waals surface area contributed by atoms with E-state index in [4.69, 9.17) is 0 Å². The summed E-state index contributed by atoms with van der Waals surface area (Å²) in [4.78, 5) is 13.9. The third-order valence-corrected chi connectivity index (χ3v) is 5.80. The third-order valence-electron chi connectivity index (χ3n) is 4.05. The van der Waals surface area contributed by atoms with E-state index in [1.165, 1.54) is 16.7 Å². The van der Waals surface area contributed by atoms with E-state index in [0.717, 1.165) is 27.8 Å². The third kappa shape index (κ3) is 3.67. The largest absolute Gasteiger partial charge is 0.318 e. The van der Waals surface area contributed by atoms with Gasteiger partial charge in [0.1, 0.15) is 6.33 Å². The van der Waals surface area contributed by atoms with E-state index < -0.39 is 0 Å². The predicted molar refractivity (Wildman–Crippen MR) is 103 cm³/mol. The summed E-state index contributed by atoms with van der Waals surface area (Å²) in [7, 11) is 1.87. The molecule has 0 radical (unpaired) electrons. The summed E-state index contributed by atoms with van der Waals surface area (Å²) in [5, 5.41) is 8.59. The lowest BCUT2D eigenvalue weighted by Gasteiger charge is -2.11. The van der Waals surface area contributed by atoms with Crippen molar-refractivity contribution in [2.24, 2.45) is 7.05 Å². The van der Waals surface area contributed by atoms with E-state index in [0.29, 0.717) is 5.75 Å². The average molecular weight is 373 g/mol. The molecule has 2 aromatic heterocycles. The number of Topliss-reactive ketones (excluding diaryl/α,β-unsaturated/α-hetero) is 1. The van der Waals surface area contributed by atoms with Crippen molar-refractivity contribution < 1.29 is 4.79 Å². The van der Waals surface area contributed by atoms with Crippen LogP contribution < -0.4 is 0 Å². The number of ketones is 1. The Morgan fingerprint density at radius 1 is 1.24 bits per heavy atom. The summed E-state index contributed by atoms with van der Waals surface area (Å²) in [6, 6.07) is 10.3. The summed E-state index contributed by atoms with van der Waals surface area (Å²) >= 11 is 3.12. The highest BCUT2D eigenvalue weighted by atomic mass is 32.2. The number of hydrogen-bond acceptors (Lipinski definition) is 5. The Labute approximate surface area is 155 Å². The van der Waals surface area contributed by atoms with Crippen LogP contribution >= 0.6 is 23.5 Å². The van der Waals surface area contributed by atoms with Crippen LogP contribution in [0.4, 0.5) is 0 Å². The number of carbonyl (C=O) groups excluding carboxylic acids is 1. The SMILES string of the molecule is CSc1cccc(-n2c(C)cc(C(=O)CSc3nncn3C)c2C)c1. The number of hydrogen-bond donors (Lipinski definition) is 0. The molecule has 0 saturated carbocycles. The highest BCUT2D eigenvalue weighted by Gasteiger charge is 2.17. The first-order chi connectivity index (χ1) is 12.0. The van der Waals surface area contributed by atoms with Crippen LogP contribution in [0.1, 0.15) is 21.7 Å². The second kappa shape index (κ2) is 7.49. The highest BCUT2D eigenvalue weighted by Crippen LogP contribution is 2.25. The Morgan fingerprint density at radius 2 is 2.04 bits per heavy atom. The molecule has 25 heavy (non-hydrogen) atoms. The van der Waals surface area contributed by atoms with Crippen molar-refractivity contribution in [3.8, 4) is 5.69 Å². The summed E-state index contributed by atoms with van der Waals surface area (Å²) in [6.45, 7) is 4.03. The van der Waals surface area contributed by atoms with Crippen LogP contribution in [-0.4, -0.2) is 37.1 Å². The normalized spacial score (nSPS) is 11.0. The summed E-state index contributed by atoms with van der Waals surface area (Å²) < 4.78 is 3.95. The number of carbonyl (C=O) groups is 1. The van der Waals surface area contributed by atoms with E-state index in [-0.39, 0.29) is 5.78 Å². The minimum absolute atomic E-state index is 0.105. The molecule has 5 nitrogen and oxygen atoms in total. The smallest absolute Gasteiger partial charge is 0.191 e. The zero-order valence-corrected chi connectivity index (χ0v) is 16.3. The minimum atomic E-state index is 0.105. The van der Waals surface area contributed by atoms with Gasteiger partial charge in [-0.2, -0.15) is 0 Å². The molecule has 1 aromatic carbocycles. The van der Waals surface area contributed by atoms with Crippen molar-refractivity contribution >= 4 is 29.3 Å². The molecule has 0 spiro atoms. The maximum Gasteiger partial charge on any atom is 0.191 e. The van der Waals surface area contributed by atoms with E-state index >= 15 is 0 Å². The molecule has 2 heterocycles. The number of rotatable bonds is 6. The van der Waals surface area contributed by atoms with Crippen molar-refractivity contribution in [1.82, 2.24) is 19.3 Å². The van der Waals surface area contributed by atoms with E-state index in [2.05, 4.69) is 39.2 Å². The van der Waals surface area contributed by atoms with Crippen molar-refractivity contribution in [2.45, 2.75) is 23.9 Å². The Kier molecular flexibility index (Phi) is 5.34. The Morgan fingerprint density at radius 3 is 2.72 bits per heavy atom. The molecule has 3 aromatic rings. The zero-order valence-electron chi connectivity index (χ0n) is 14.7. The van der Waals surface area contributed by atoms with Gasteiger partial charge in [-0.15, -0.1) is 22.0 Å². The van der Waals surface area contributed by atoms with Gasteiger partial charge in [-0.3, -0.25) is 4.79 Å². The lowest BCUT2D eigenvalue weighted by atomic mass is 10.2. The maximum atomic E-state index is 12.7. The van der Waals surface area contributed by atoms with Gasteiger partial charge in [0, 0.05) is 34.6 Å². The van der Waals surface area contributed by atoms with Gasteiger partial charge in [-0.25, -0.2) is 0 Å². The maximum absolute atomic E-state index is 12.7. The molecular weight excluding hydrogens is 352 g/mol. The van der Waals surface area contributed by atoms with Crippen molar-refractivity contribution in [3.63, 3.8) is 0 Å². The number of benzene rings is 1. The molecule has 0 aliphatic carbocycles. The van der Waals surface area contributed by atoms with Gasteiger partial charge in [-0.05, 0) is 44.4 Å². The second-order valence-electron chi connectivity index (χ2n) is 5.76. The van der Waals surface area contributed by atoms with Gasteiger partial charge in [-0.1, -0.05) is 17.8 Å². The first kappa shape index (κ1) is 17.8. The van der Waals surface area contributed by atoms with Gasteiger partial charge in [0.05, 0.1) is 5.75 Å². The standard InChI is InChI=1S/C18H20N4OS2/c1-12-8-16(17(23)10-25-18-20-19-11-21(18)3)13(2)22(12)14-6-5-7-15(9-14)24-4/h5-9,11H,10H2,1-4H3. The number of nitrogens with zero attached hydrogens (tertiary/aromatic N) is 4. The molecule has 0 aliphatic rings. The van der Waals surface area contributed by atoms with Crippen LogP contribution in [0.5, 0.6) is 0 Å². The monoisotopic (exact) mass is 372 g/mol. The predicted octanol–water partition coefficient (Wildman–Crippen LogP) is 3.92. The fourth-order valence-electron chi connectivity index (χ4n) is 2.80. The summed E-state index contributed by atoms with van der Waals surface area (Å²) in [5.41, 5.74) is 3.88. The second-order valence-corrected chi connectivity index (χ2v) is 7.58. The fourth-order valence-corrected chi connectivity index (χ4v) is 4.03. The number of aromatic nitrogens is 4. The van der Waals surface area contributed by atoms with Crippen LogP contribution in [0.15, 0.2) is 46.7 Å². The molecule has 0 fully saturated rings. The summed E-state index contributed by atoms with van der Waals surface area (Å²) in [6.07, 6.45) is 3.70. The van der Waals surface area contributed by atoms with Crippen molar-refractivity contribution in [1.29, 1.82) is 0 Å². The molecule has 0 N–H and O–H groups in total. The van der Waals surface area contributed by atoms with E-state index in [1.54, 1.807) is 18.1 Å². The molecular formula is C18H20N4OS2. The van der Waals surface area contributed by atoms with E-state index in [9.17, 15) is 4.79 Å². The highest BCUT2D eigenvalue weighted by molar-refractivity contribution is 7.99. The van der Waals surface area contributed by atoms with Crippen LogP contribution in [0.2, 0.25) is 0 Å². The van der Waals surface area contributed by atoms with Gasteiger partial charge >= 0.3 is 0 Å². The molecule has 0 unspecified atom stereocenters. The van der Waals surface area contributed by atoms with Gasteiger partial charge in [0.25, 0.3) is 0 Å². The molecule has 130 valence electrons. The van der Waals surface area contributed by atoms with Crippen LogP contribution in [0, 0.1) is 13.8 Å². The lowest BCUT2D eigenvalue weighted by molar-refractivity contribution is 0.102. The molecule has 0 atom stereocenters. The topological polar surface area (TPSA) is 52.7 Å². The van der Waals surface area contributed by atoms with Crippen molar-refractivity contribution in [2.75, 3.05) is 12.0 Å². The average Bonchev–Trinajstić information content (AvgIpc) is 3.15. The minimum Gasteiger partial charge on any atom is -0.318 e. The van der Waals surface area contributed by atoms with Gasteiger partial charge in [0.15, 0.2) is 10.9 Å². The van der Waals surface area contributed by atoms with Gasteiger partial charge in [0.2, 0.25) is 0 Å². The van der Waals surface area contributed by atoms with Gasteiger partial charge < -0.3 is 9.13 Å². The number of aryl methyl sites for hydroxylation is 2. The Hall–Kier alpha value is -1.99. The Bertz CT molecular complexity index is 914. The van der Waals surface area contributed by atoms with Crippen LogP contribution in [0.3, 0.4) is 0 Å². The van der Waals surface area contributed by atoms with Crippen LogP contribution in [-0.2, 0) is 7.05 Å². The molecule has 3 rings (SSSR count). The summed E-state index contributed by atoms with van der Waals surface area (Å²) in [5.74, 6) is 0.454. The van der Waals surface area contributed by atoms with Crippen molar-refractivity contribution in [3.05, 3.63) is 53.6 Å². The molecule has 0 amide bonds. The molecule has 0 bridgehead atoms. The molecule has 0 aliphatic heterocycles. The molecule has 7 heteroatoms. The zero-order chi connectivity index (χ0) is 18.0.